The summed E-state index contributed by atoms with van der Waals surface area (Å²) >= 11 is 0. The molecule has 0 amide bonds. The molecular weight excluding hydrogens is 232 g/mol. The Labute approximate surface area is 120 Å². The maximum absolute atomic E-state index is 3.82. The molecule has 2 atom stereocenters. The van der Waals surface area contributed by atoms with Crippen molar-refractivity contribution in [2.75, 3.05) is 19.6 Å². The van der Waals surface area contributed by atoms with Crippen LogP contribution in [-0.2, 0) is 0 Å². The molecule has 2 heteroatoms. The Kier molecular flexibility index (Phi) is 5.70. The van der Waals surface area contributed by atoms with E-state index < -0.39 is 0 Å². The fraction of sp³-hybridized carbons (Fsp3) is 1.00. The molecule has 2 fully saturated rings. The molecule has 1 aliphatic carbocycles. The quantitative estimate of drug-likeness (QED) is 0.758. The van der Waals surface area contributed by atoms with Crippen molar-refractivity contribution in [2.24, 2.45) is 17.8 Å². The van der Waals surface area contributed by atoms with Crippen molar-refractivity contribution in [3.05, 3.63) is 0 Å². The molecule has 1 saturated carbocycles. The summed E-state index contributed by atoms with van der Waals surface area (Å²) in [4.78, 5) is 2.81. The molecule has 19 heavy (non-hydrogen) atoms. The molecule has 0 spiro atoms. The minimum Gasteiger partial charge on any atom is -0.311 e. The summed E-state index contributed by atoms with van der Waals surface area (Å²) in [5.41, 5.74) is 0. The van der Waals surface area contributed by atoms with Gasteiger partial charge in [0.2, 0.25) is 0 Å². The van der Waals surface area contributed by atoms with Crippen LogP contribution in [0.2, 0.25) is 0 Å². The zero-order valence-electron chi connectivity index (χ0n) is 13.5. The van der Waals surface area contributed by atoms with Gasteiger partial charge in [-0.05, 0) is 56.4 Å². The average molecular weight is 266 g/mol. The van der Waals surface area contributed by atoms with E-state index in [1.54, 1.807) is 0 Å². The van der Waals surface area contributed by atoms with E-state index in [1.807, 2.05) is 0 Å². The normalized spacial score (nSPS) is 29.4. The van der Waals surface area contributed by atoms with Crippen LogP contribution < -0.4 is 5.32 Å². The molecule has 0 aromatic rings. The number of nitrogens with one attached hydrogen (secondary N) is 1. The van der Waals surface area contributed by atoms with Gasteiger partial charge in [-0.15, -0.1) is 0 Å². The van der Waals surface area contributed by atoms with E-state index in [-0.39, 0.29) is 0 Å². The van der Waals surface area contributed by atoms with Crippen molar-refractivity contribution < 1.29 is 0 Å². The van der Waals surface area contributed by atoms with E-state index in [4.69, 9.17) is 0 Å². The lowest BCUT2D eigenvalue weighted by molar-refractivity contribution is 0.104. The van der Waals surface area contributed by atoms with Crippen molar-refractivity contribution in [3.8, 4) is 0 Å². The van der Waals surface area contributed by atoms with E-state index in [9.17, 15) is 0 Å². The first-order valence-corrected chi connectivity index (χ1v) is 8.53. The van der Waals surface area contributed by atoms with Crippen molar-refractivity contribution >= 4 is 0 Å². The summed E-state index contributed by atoms with van der Waals surface area (Å²) in [6.07, 6.45) is 7.04. The van der Waals surface area contributed by atoms with Gasteiger partial charge in [0.1, 0.15) is 0 Å². The van der Waals surface area contributed by atoms with Crippen LogP contribution in [0.15, 0.2) is 0 Å². The SMILES string of the molecule is CC(C)CCCN1CC(C2CC2)NCC1CC(C)C. The highest BCUT2D eigenvalue weighted by Crippen LogP contribution is 2.34. The van der Waals surface area contributed by atoms with Crippen LogP contribution >= 0.6 is 0 Å². The lowest BCUT2D eigenvalue weighted by Gasteiger charge is -2.41. The highest BCUT2D eigenvalue weighted by Gasteiger charge is 2.36. The Morgan fingerprint density at radius 3 is 2.42 bits per heavy atom. The molecule has 1 heterocycles. The second-order valence-corrected chi connectivity index (χ2v) is 7.67. The van der Waals surface area contributed by atoms with E-state index >= 15 is 0 Å². The molecule has 0 aromatic carbocycles. The van der Waals surface area contributed by atoms with Crippen LogP contribution in [-0.4, -0.2) is 36.6 Å². The summed E-state index contributed by atoms with van der Waals surface area (Å²) in [7, 11) is 0. The first-order chi connectivity index (χ1) is 9.06. The molecule has 0 aromatic heterocycles. The van der Waals surface area contributed by atoms with Crippen LogP contribution in [0, 0.1) is 17.8 Å². The fourth-order valence-corrected chi connectivity index (χ4v) is 3.45. The van der Waals surface area contributed by atoms with Crippen molar-refractivity contribution in [3.63, 3.8) is 0 Å². The molecule has 2 nitrogen and oxygen atoms in total. The minimum absolute atomic E-state index is 0.780. The Balaban J connectivity index is 1.82. The number of hydrogen-bond donors (Lipinski definition) is 1. The van der Waals surface area contributed by atoms with E-state index in [0.29, 0.717) is 0 Å². The third-order valence-electron chi connectivity index (χ3n) is 4.72. The molecule has 1 aliphatic heterocycles. The van der Waals surface area contributed by atoms with E-state index in [1.165, 1.54) is 51.7 Å². The molecule has 112 valence electrons. The van der Waals surface area contributed by atoms with Gasteiger partial charge >= 0.3 is 0 Å². The van der Waals surface area contributed by atoms with Crippen molar-refractivity contribution in [1.29, 1.82) is 0 Å². The molecule has 1 N–H and O–H groups in total. The van der Waals surface area contributed by atoms with Gasteiger partial charge in [-0.3, -0.25) is 4.90 Å². The van der Waals surface area contributed by atoms with Crippen LogP contribution in [0.5, 0.6) is 0 Å². The summed E-state index contributed by atoms with van der Waals surface area (Å²) < 4.78 is 0. The molecule has 2 unspecified atom stereocenters. The third kappa shape index (κ3) is 5.07. The minimum atomic E-state index is 0.780. The summed E-state index contributed by atoms with van der Waals surface area (Å²) in [5, 5.41) is 3.82. The average Bonchev–Trinajstić information content (AvgIpc) is 3.14. The van der Waals surface area contributed by atoms with Crippen LogP contribution in [0.1, 0.15) is 59.8 Å². The molecule has 1 saturated heterocycles. The molecule has 0 radical (unpaired) electrons. The lowest BCUT2D eigenvalue weighted by atomic mass is 9.97. The fourth-order valence-electron chi connectivity index (χ4n) is 3.45. The molecule has 0 bridgehead atoms. The molecule has 2 aliphatic rings. The number of hydrogen-bond acceptors (Lipinski definition) is 2. The standard InChI is InChI=1S/C17H34N2/c1-13(2)6-5-9-19-12-17(15-7-8-15)18-11-16(19)10-14(3)4/h13-18H,5-12H2,1-4H3. The zero-order valence-corrected chi connectivity index (χ0v) is 13.5. The monoisotopic (exact) mass is 266 g/mol. The first-order valence-electron chi connectivity index (χ1n) is 8.53. The largest absolute Gasteiger partial charge is 0.311 e. The highest BCUT2D eigenvalue weighted by molar-refractivity contribution is 4.94. The Morgan fingerprint density at radius 2 is 1.84 bits per heavy atom. The zero-order chi connectivity index (χ0) is 13.8. The summed E-state index contributed by atoms with van der Waals surface area (Å²) in [6.45, 7) is 13.3. The third-order valence-corrected chi connectivity index (χ3v) is 4.72. The van der Waals surface area contributed by atoms with Gasteiger partial charge in [-0.2, -0.15) is 0 Å². The second kappa shape index (κ2) is 7.08. The van der Waals surface area contributed by atoms with Crippen LogP contribution in [0.25, 0.3) is 0 Å². The topological polar surface area (TPSA) is 15.3 Å². The van der Waals surface area contributed by atoms with Gasteiger partial charge < -0.3 is 5.32 Å². The Bertz CT molecular complexity index is 258. The van der Waals surface area contributed by atoms with E-state index in [2.05, 4.69) is 37.9 Å². The predicted octanol–water partition coefficient (Wildman–Crippen LogP) is 3.52. The van der Waals surface area contributed by atoms with Gasteiger partial charge in [0, 0.05) is 25.2 Å². The summed E-state index contributed by atoms with van der Waals surface area (Å²) in [5.74, 6) is 2.66. The van der Waals surface area contributed by atoms with Gasteiger partial charge in [0.25, 0.3) is 0 Å². The second-order valence-electron chi connectivity index (χ2n) is 7.67. The number of nitrogens with zero attached hydrogens (tertiary/aromatic N) is 1. The molecular formula is C17H34N2. The smallest absolute Gasteiger partial charge is 0.0224 e. The summed E-state index contributed by atoms with van der Waals surface area (Å²) in [6, 6.07) is 1.57. The molecule has 2 rings (SSSR count). The van der Waals surface area contributed by atoms with Crippen LogP contribution in [0.4, 0.5) is 0 Å². The van der Waals surface area contributed by atoms with Gasteiger partial charge in [-0.1, -0.05) is 27.7 Å². The van der Waals surface area contributed by atoms with Crippen molar-refractivity contribution in [2.45, 2.75) is 71.9 Å². The number of piperazine rings is 1. The van der Waals surface area contributed by atoms with Gasteiger partial charge in [-0.25, -0.2) is 0 Å². The van der Waals surface area contributed by atoms with Gasteiger partial charge in [0.05, 0.1) is 0 Å². The van der Waals surface area contributed by atoms with Crippen molar-refractivity contribution in [1.82, 2.24) is 10.2 Å². The van der Waals surface area contributed by atoms with Gasteiger partial charge in [0.15, 0.2) is 0 Å². The Hall–Kier alpha value is -0.0800. The maximum atomic E-state index is 3.82. The number of rotatable bonds is 7. The lowest BCUT2D eigenvalue weighted by Crippen LogP contribution is -2.57. The predicted molar refractivity (Wildman–Crippen MR) is 83.4 cm³/mol. The maximum Gasteiger partial charge on any atom is 0.0224 e. The Morgan fingerprint density at radius 1 is 1.11 bits per heavy atom. The van der Waals surface area contributed by atoms with E-state index in [0.717, 1.165) is 29.8 Å². The van der Waals surface area contributed by atoms with Crippen LogP contribution in [0.3, 0.4) is 0 Å². The first kappa shape index (κ1) is 15.3. The highest BCUT2D eigenvalue weighted by atomic mass is 15.2.